The second kappa shape index (κ2) is 15.1. The first-order valence-electron chi connectivity index (χ1n) is 21.8. The fourth-order valence-electron chi connectivity index (χ4n) is 10.2. The molecule has 1 heterocycles. The van der Waals surface area contributed by atoms with Crippen LogP contribution in [-0.2, 0) is 0 Å². The van der Waals surface area contributed by atoms with E-state index in [1.54, 1.807) is 0 Å². The Morgan fingerprint density at radius 2 is 1.19 bits per heavy atom. The van der Waals surface area contributed by atoms with Gasteiger partial charge in [-0.1, -0.05) is 188 Å². The highest BCUT2D eigenvalue weighted by Crippen LogP contribution is 2.47. The fourth-order valence-corrected chi connectivity index (χ4v) is 10.2. The number of benzene rings is 8. The summed E-state index contributed by atoms with van der Waals surface area (Å²) in [5, 5.41) is 4.66. The lowest BCUT2D eigenvalue weighted by molar-refractivity contribution is 0.669. The molecule has 0 fully saturated rings. The van der Waals surface area contributed by atoms with Crippen molar-refractivity contribution in [1.29, 1.82) is 0 Å². The molecule has 294 valence electrons. The van der Waals surface area contributed by atoms with Crippen molar-refractivity contribution in [3.05, 3.63) is 252 Å². The number of furan rings is 1. The predicted molar refractivity (Wildman–Crippen MR) is 261 cm³/mol. The van der Waals surface area contributed by atoms with E-state index in [1.807, 2.05) is 0 Å². The molecule has 9 aromatic rings. The van der Waals surface area contributed by atoms with E-state index < -0.39 is 0 Å². The lowest BCUT2D eigenvalue weighted by Gasteiger charge is -2.41. The summed E-state index contributed by atoms with van der Waals surface area (Å²) in [6.45, 7) is 0. The van der Waals surface area contributed by atoms with Crippen molar-refractivity contribution >= 4 is 66.9 Å². The number of hydrogen-bond acceptors (Lipinski definition) is 2. The smallest absolute Gasteiger partial charge is 0.136 e. The Kier molecular flexibility index (Phi) is 8.81. The molecule has 1 aromatic heterocycles. The van der Waals surface area contributed by atoms with Crippen molar-refractivity contribution in [2.75, 3.05) is 4.90 Å². The van der Waals surface area contributed by atoms with E-state index in [-0.39, 0.29) is 17.9 Å². The van der Waals surface area contributed by atoms with Gasteiger partial charge in [-0.15, -0.1) is 0 Å². The molecule has 0 amide bonds. The second-order valence-corrected chi connectivity index (χ2v) is 16.7. The largest absolute Gasteiger partial charge is 0.456 e. The third-order valence-electron chi connectivity index (χ3n) is 13.2. The number of anilines is 2. The Hall–Kier alpha value is -7.68. The molecule has 0 aliphatic heterocycles. The van der Waals surface area contributed by atoms with Crippen molar-refractivity contribution in [3.63, 3.8) is 0 Å². The van der Waals surface area contributed by atoms with Gasteiger partial charge in [0, 0.05) is 39.5 Å². The molecular formula is C60H43NO. The quantitative estimate of drug-likeness (QED) is 0.160. The van der Waals surface area contributed by atoms with Gasteiger partial charge in [-0.3, -0.25) is 0 Å². The number of para-hydroxylation sites is 1. The summed E-state index contributed by atoms with van der Waals surface area (Å²) < 4.78 is 6.46. The minimum atomic E-state index is 0.0343. The van der Waals surface area contributed by atoms with Crippen molar-refractivity contribution in [2.24, 2.45) is 5.92 Å². The summed E-state index contributed by atoms with van der Waals surface area (Å²) in [6.07, 6.45) is 17.6. The number of rotatable bonds is 7. The second-order valence-electron chi connectivity index (χ2n) is 16.7. The molecule has 0 spiro atoms. The normalized spacial score (nSPS) is 17.9. The van der Waals surface area contributed by atoms with Crippen molar-refractivity contribution < 1.29 is 4.42 Å². The Morgan fingerprint density at radius 1 is 0.516 bits per heavy atom. The SMILES string of the molecule is C1=CC(N(c2ccc(C3C=C(c4ccccc4)C(c4ccccc4)=CC3)cc2)c2ccccc2-c2ccc3oc4cc5ccccc5cc4c3c2)C2C=Cc3ccccc3C2=C1. The summed E-state index contributed by atoms with van der Waals surface area (Å²) in [5.74, 6) is 0.412. The van der Waals surface area contributed by atoms with Crippen LogP contribution in [0.2, 0.25) is 0 Å². The Morgan fingerprint density at radius 3 is 2.00 bits per heavy atom. The molecule has 2 heteroatoms. The summed E-state index contributed by atoms with van der Waals surface area (Å²) in [6, 6.07) is 68.5. The highest BCUT2D eigenvalue weighted by Gasteiger charge is 2.34. The van der Waals surface area contributed by atoms with Crippen molar-refractivity contribution in [2.45, 2.75) is 18.4 Å². The van der Waals surface area contributed by atoms with Crippen LogP contribution in [0, 0.1) is 5.92 Å². The maximum atomic E-state index is 6.46. The summed E-state index contributed by atoms with van der Waals surface area (Å²) in [5.41, 5.74) is 16.8. The minimum absolute atomic E-state index is 0.0343. The van der Waals surface area contributed by atoms with Crippen LogP contribution >= 0.6 is 0 Å². The van der Waals surface area contributed by atoms with Gasteiger partial charge in [0.2, 0.25) is 0 Å². The van der Waals surface area contributed by atoms with Crippen LogP contribution in [-0.4, -0.2) is 6.04 Å². The van der Waals surface area contributed by atoms with E-state index >= 15 is 0 Å². The zero-order chi connectivity index (χ0) is 41.0. The van der Waals surface area contributed by atoms with Gasteiger partial charge in [0.1, 0.15) is 11.2 Å². The van der Waals surface area contributed by atoms with Gasteiger partial charge in [0.25, 0.3) is 0 Å². The number of nitrogens with zero attached hydrogens (tertiary/aromatic N) is 1. The average molecular weight is 794 g/mol. The lowest BCUT2D eigenvalue weighted by Crippen LogP contribution is -2.38. The number of fused-ring (bicyclic) bond motifs is 7. The van der Waals surface area contributed by atoms with Gasteiger partial charge >= 0.3 is 0 Å². The van der Waals surface area contributed by atoms with E-state index in [1.165, 1.54) is 66.6 Å². The number of hydrogen-bond donors (Lipinski definition) is 0. The first kappa shape index (κ1) is 36.2. The molecule has 3 unspecified atom stereocenters. The summed E-state index contributed by atoms with van der Waals surface area (Å²) in [4.78, 5) is 2.58. The third kappa shape index (κ3) is 6.26. The zero-order valence-electron chi connectivity index (χ0n) is 34.2. The maximum absolute atomic E-state index is 6.46. The first-order chi connectivity index (χ1) is 30.7. The molecule has 0 radical (unpaired) electrons. The monoisotopic (exact) mass is 793 g/mol. The molecule has 62 heavy (non-hydrogen) atoms. The molecule has 0 saturated carbocycles. The molecule has 3 aliphatic rings. The van der Waals surface area contributed by atoms with Crippen LogP contribution in [0.5, 0.6) is 0 Å². The predicted octanol–water partition coefficient (Wildman–Crippen LogP) is 15.9. The van der Waals surface area contributed by atoms with E-state index in [0.29, 0.717) is 0 Å². The van der Waals surface area contributed by atoms with Crippen LogP contribution < -0.4 is 4.90 Å². The van der Waals surface area contributed by atoms with Gasteiger partial charge in [-0.05, 0) is 110 Å². The topological polar surface area (TPSA) is 16.4 Å². The molecular weight excluding hydrogens is 751 g/mol. The van der Waals surface area contributed by atoms with Crippen LogP contribution in [0.1, 0.15) is 40.2 Å². The van der Waals surface area contributed by atoms with E-state index in [4.69, 9.17) is 4.42 Å². The van der Waals surface area contributed by atoms with Gasteiger partial charge in [-0.2, -0.15) is 0 Å². The van der Waals surface area contributed by atoms with E-state index in [9.17, 15) is 0 Å². The van der Waals surface area contributed by atoms with Gasteiger partial charge in [0.05, 0.1) is 6.04 Å². The molecule has 0 N–H and O–H groups in total. The minimum Gasteiger partial charge on any atom is -0.456 e. The van der Waals surface area contributed by atoms with E-state index in [2.05, 4.69) is 235 Å². The van der Waals surface area contributed by atoms with Crippen molar-refractivity contribution in [3.8, 4) is 11.1 Å². The highest BCUT2D eigenvalue weighted by atomic mass is 16.3. The molecule has 2 nitrogen and oxygen atoms in total. The Balaban J connectivity index is 0.971. The molecule has 12 rings (SSSR count). The Labute approximate surface area is 362 Å². The van der Waals surface area contributed by atoms with Crippen LogP contribution in [0.3, 0.4) is 0 Å². The molecule has 8 aromatic carbocycles. The third-order valence-corrected chi connectivity index (χ3v) is 13.2. The van der Waals surface area contributed by atoms with E-state index in [0.717, 1.165) is 39.6 Å². The Bertz CT molecular complexity index is 3320. The molecule has 0 saturated heterocycles. The van der Waals surface area contributed by atoms with Gasteiger partial charge < -0.3 is 9.32 Å². The molecule has 3 atom stereocenters. The van der Waals surface area contributed by atoms with Crippen LogP contribution in [0.25, 0.3) is 66.6 Å². The fraction of sp³-hybridized carbons (Fsp3) is 0.0667. The first-order valence-corrected chi connectivity index (χ1v) is 21.8. The highest BCUT2D eigenvalue weighted by molar-refractivity contribution is 6.11. The average Bonchev–Trinajstić information content (AvgIpc) is 3.70. The van der Waals surface area contributed by atoms with Gasteiger partial charge in [-0.25, -0.2) is 0 Å². The van der Waals surface area contributed by atoms with Crippen molar-refractivity contribution in [1.82, 2.24) is 0 Å². The zero-order valence-corrected chi connectivity index (χ0v) is 34.2. The standard InChI is InChI=1S/C60H43NO/c1-3-14-41(15-4-1)50-33-29-46(36-54(50)42-16-5-2-6-17-42)40-26-31-48(32-27-40)61(58-25-13-23-52-49-21-10-9-18-43(49)28-34-53(52)58)57-24-12-11-22-51(57)47-30-35-59-55(38-47)56-37-44-19-7-8-20-45(44)39-60(56)62-59/h1-28,30-39,46,53,58H,29H2. The van der Waals surface area contributed by atoms with Gasteiger partial charge in [0.15, 0.2) is 0 Å². The maximum Gasteiger partial charge on any atom is 0.136 e. The molecule has 0 bridgehead atoms. The van der Waals surface area contributed by atoms with Crippen LogP contribution in [0.4, 0.5) is 11.4 Å². The molecule has 3 aliphatic carbocycles. The summed E-state index contributed by atoms with van der Waals surface area (Å²) in [7, 11) is 0. The van der Waals surface area contributed by atoms with Crippen LogP contribution in [0.15, 0.2) is 229 Å². The number of allylic oxidation sites excluding steroid dienone is 6. The lowest BCUT2D eigenvalue weighted by atomic mass is 9.77. The summed E-state index contributed by atoms with van der Waals surface area (Å²) >= 11 is 0.